The lowest BCUT2D eigenvalue weighted by Crippen LogP contribution is -2.45. The second-order valence-corrected chi connectivity index (χ2v) is 6.30. The number of halogens is 1. The molecule has 1 aromatic carbocycles. The van der Waals surface area contributed by atoms with Crippen LogP contribution in [0.15, 0.2) is 35.3 Å². The SMILES string of the molecule is CN=C(NCCc1ccccc1)NC1CCN(C(=O)C(C)C)C1.I. The Bertz CT molecular complexity index is 533. The number of aliphatic imine (C=N–C) groups is 1. The van der Waals surface area contributed by atoms with Gasteiger partial charge in [0.25, 0.3) is 0 Å². The maximum atomic E-state index is 12.0. The number of likely N-dealkylation sites (tertiary alicyclic amines) is 1. The van der Waals surface area contributed by atoms with Crippen molar-refractivity contribution in [3.8, 4) is 0 Å². The van der Waals surface area contributed by atoms with Crippen molar-refractivity contribution in [3.05, 3.63) is 35.9 Å². The summed E-state index contributed by atoms with van der Waals surface area (Å²) in [6, 6.07) is 10.7. The molecule has 1 amide bonds. The molecule has 0 saturated carbocycles. The van der Waals surface area contributed by atoms with Gasteiger partial charge in [0.1, 0.15) is 0 Å². The lowest BCUT2D eigenvalue weighted by atomic mass is 10.1. The van der Waals surface area contributed by atoms with Crippen molar-refractivity contribution in [1.82, 2.24) is 15.5 Å². The highest BCUT2D eigenvalue weighted by Crippen LogP contribution is 2.12. The molecule has 1 heterocycles. The largest absolute Gasteiger partial charge is 0.356 e. The average Bonchev–Trinajstić information content (AvgIpc) is 3.02. The molecule has 6 heteroatoms. The molecule has 0 aromatic heterocycles. The van der Waals surface area contributed by atoms with Crippen molar-refractivity contribution >= 4 is 35.8 Å². The van der Waals surface area contributed by atoms with Gasteiger partial charge in [0.2, 0.25) is 5.91 Å². The van der Waals surface area contributed by atoms with E-state index in [1.165, 1.54) is 5.56 Å². The van der Waals surface area contributed by atoms with E-state index in [0.29, 0.717) is 0 Å². The fourth-order valence-corrected chi connectivity index (χ4v) is 2.80. The maximum absolute atomic E-state index is 12.0. The van der Waals surface area contributed by atoms with E-state index in [2.05, 4.69) is 39.9 Å². The van der Waals surface area contributed by atoms with E-state index in [4.69, 9.17) is 0 Å². The zero-order valence-electron chi connectivity index (χ0n) is 14.8. The molecule has 5 nitrogen and oxygen atoms in total. The number of carbonyl (C=O) groups excluding carboxylic acids is 1. The highest BCUT2D eigenvalue weighted by molar-refractivity contribution is 14.0. The van der Waals surface area contributed by atoms with Crippen molar-refractivity contribution in [1.29, 1.82) is 0 Å². The van der Waals surface area contributed by atoms with Crippen LogP contribution in [0, 0.1) is 5.92 Å². The Hall–Kier alpha value is -1.31. The van der Waals surface area contributed by atoms with Gasteiger partial charge in [-0.1, -0.05) is 44.2 Å². The Kier molecular flexibility index (Phi) is 9.10. The van der Waals surface area contributed by atoms with Crippen molar-refractivity contribution < 1.29 is 4.79 Å². The first-order chi connectivity index (χ1) is 11.1. The van der Waals surface area contributed by atoms with E-state index >= 15 is 0 Å². The van der Waals surface area contributed by atoms with Gasteiger partial charge >= 0.3 is 0 Å². The van der Waals surface area contributed by atoms with Crippen LogP contribution in [0.3, 0.4) is 0 Å². The van der Waals surface area contributed by atoms with Crippen LogP contribution in [0.2, 0.25) is 0 Å². The number of guanidine groups is 1. The standard InChI is InChI=1S/C18H28N4O.HI/c1-14(2)17(23)22-12-10-16(13-22)21-18(19-3)20-11-9-15-7-5-4-6-8-15;/h4-8,14,16H,9-13H2,1-3H3,(H2,19,20,21);1H. The summed E-state index contributed by atoms with van der Waals surface area (Å²) in [6.07, 6.45) is 1.93. The summed E-state index contributed by atoms with van der Waals surface area (Å²) in [4.78, 5) is 18.2. The van der Waals surface area contributed by atoms with Gasteiger partial charge in [-0.15, -0.1) is 24.0 Å². The Balaban J connectivity index is 0.00000288. The van der Waals surface area contributed by atoms with Crippen molar-refractivity contribution in [2.45, 2.75) is 32.7 Å². The number of rotatable bonds is 5. The quantitative estimate of drug-likeness (QED) is 0.416. The average molecular weight is 444 g/mol. The number of nitrogens with zero attached hydrogens (tertiary/aromatic N) is 2. The third-order valence-corrected chi connectivity index (χ3v) is 4.11. The summed E-state index contributed by atoms with van der Waals surface area (Å²) in [5.41, 5.74) is 1.31. The van der Waals surface area contributed by atoms with E-state index < -0.39 is 0 Å². The topological polar surface area (TPSA) is 56.7 Å². The second kappa shape index (κ2) is 10.5. The Morgan fingerprint density at radius 2 is 2.04 bits per heavy atom. The first kappa shape index (κ1) is 20.7. The third-order valence-electron chi connectivity index (χ3n) is 4.11. The Labute approximate surface area is 162 Å². The van der Waals surface area contributed by atoms with E-state index in [0.717, 1.165) is 38.4 Å². The van der Waals surface area contributed by atoms with Gasteiger partial charge in [0.15, 0.2) is 5.96 Å². The van der Waals surface area contributed by atoms with Gasteiger partial charge in [-0.2, -0.15) is 0 Å². The number of hydrogen-bond acceptors (Lipinski definition) is 2. The van der Waals surface area contributed by atoms with Crippen molar-refractivity contribution in [2.24, 2.45) is 10.9 Å². The lowest BCUT2D eigenvalue weighted by molar-refractivity contribution is -0.133. The van der Waals surface area contributed by atoms with E-state index in [1.807, 2.05) is 24.8 Å². The van der Waals surface area contributed by atoms with Crippen LogP contribution in [0.4, 0.5) is 0 Å². The summed E-state index contributed by atoms with van der Waals surface area (Å²) in [7, 11) is 1.78. The van der Waals surface area contributed by atoms with Gasteiger partial charge in [-0.05, 0) is 18.4 Å². The molecular formula is C18H29IN4O. The molecular weight excluding hydrogens is 415 g/mol. The minimum Gasteiger partial charge on any atom is -0.356 e. The monoisotopic (exact) mass is 444 g/mol. The van der Waals surface area contributed by atoms with Crippen LogP contribution >= 0.6 is 24.0 Å². The molecule has 0 aliphatic carbocycles. The van der Waals surface area contributed by atoms with Crippen LogP contribution in [0.1, 0.15) is 25.8 Å². The van der Waals surface area contributed by atoms with Crippen molar-refractivity contribution in [2.75, 3.05) is 26.7 Å². The molecule has 1 atom stereocenters. The van der Waals surface area contributed by atoms with Crippen molar-refractivity contribution in [3.63, 3.8) is 0 Å². The predicted octanol–water partition coefficient (Wildman–Crippen LogP) is 2.27. The van der Waals surface area contributed by atoms with Crippen LogP contribution in [-0.2, 0) is 11.2 Å². The van der Waals surface area contributed by atoms with Gasteiger partial charge in [-0.3, -0.25) is 9.79 Å². The summed E-state index contributed by atoms with van der Waals surface area (Å²) in [5.74, 6) is 1.11. The van der Waals surface area contributed by atoms with Gasteiger partial charge < -0.3 is 15.5 Å². The Morgan fingerprint density at radius 3 is 2.67 bits per heavy atom. The molecule has 0 radical (unpaired) electrons. The molecule has 1 aliphatic heterocycles. The van der Waals surface area contributed by atoms with Crippen LogP contribution < -0.4 is 10.6 Å². The van der Waals surface area contributed by atoms with Crippen LogP contribution in [0.5, 0.6) is 0 Å². The van der Waals surface area contributed by atoms with Crippen LogP contribution in [-0.4, -0.2) is 49.5 Å². The summed E-state index contributed by atoms with van der Waals surface area (Å²) in [6.45, 7) is 6.33. The molecule has 0 spiro atoms. The number of carbonyl (C=O) groups is 1. The molecule has 2 rings (SSSR count). The number of hydrogen-bond donors (Lipinski definition) is 2. The van der Waals surface area contributed by atoms with Crippen LogP contribution in [0.25, 0.3) is 0 Å². The zero-order valence-corrected chi connectivity index (χ0v) is 17.1. The predicted molar refractivity (Wildman–Crippen MR) is 110 cm³/mol. The fraction of sp³-hybridized carbons (Fsp3) is 0.556. The lowest BCUT2D eigenvalue weighted by Gasteiger charge is -2.20. The van der Waals surface area contributed by atoms with Gasteiger partial charge in [0, 0.05) is 38.6 Å². The highest BCUT2D eigenvalue weighted by Gasteiger charge is 2.27. The van der Waals surface area contributed by atoms with Gasteiger partial charge in [-0.25, -0.2) is 0 Å². The fourth-order valence-electron chi connectivity index (χ4n) is 2.80. The maximum Gasteiger partial charge on any atom is 0.225 e. The molecule has 1 unspecified atom stereocenters. The summed E-state index contributed by atoms with van der Waals surface area (Å²) < 4.78 is 0. The second-order valence-electron chi connectivity index (χ2n) is 6.30. The summed E-state index contributed by atoms with van der Waals surface area (Å²) >= 11 is 0. The number of amides is 1. The molecule has 0 bridgehead atoms. The molecule has 1 fully saturated rings. The molecule has 1 saturated heterocycles. The number of nitrogens with one attached hydrogen (secondary N) is 2. The normalized spacial score (nSPS) is 17.6. The zero-order chi connectivity index (χ0) is 16.7. The third kappa shape index (κ3) is 6.30. The van der Waals surface area contributed by atoms with E-state index in [1.54, 1.807) is 7.05 Å². The van der Waals surface area contributed by atoms with Gasteiger partial charge in [0.05, 0.1) is 0 Å². The molecule has 24 heavy (non-hydrogen) atoms. The van der Waals surface area contributed by atoms with E-state index in [-0.39, 0.29) is 41.8 Å². The minimum atomic E-state index is 0. The molecule has 134 valence electrons. The molecule has 1 aliphatic rings. The number of benzene rings is 1. The molecule has 2 N–H and O–H groups in total. The molecule has 1 aromatic rings. The smallest absolute Gasteiger partial charge is 0.225 e. The summed E-state index contributed by atoms with van der Waals surface area (Å²) in [5, 5.41) is 6.77. The first-order valence-electron chi connectivity index (χ1n) is 8.40. The first-order valence-corrected chi connectivity index (χ1v) is 8.40. The highest BCUT2D eigenvalue weighted by atomic mass is 127. The van der Waals surface area contributed by atoms with E-state index in [9.17, 15) is 4.79 Å². The minimum absolute atomic E-state index is 0. The Morgan fingerprint density at radius 1 is 1.33 bits per heavy atom.